The lowest BCUT2D eigenvalue weighted by molar-refractivity contribution is -0.122. The van der Waals surface area contributed by atoms with Crippen molar-refractivity contribution in [2.24, 2.45) is 4.99 Å². The van der Waals surface area contributed by atoms with Gasteiger partial charge in [0, 0.05) is 11.6 Å². The molecule has 4 rings (SSSR count). The Hall–Kier alpha value is -3.27. The Balaban J connectivity index is 1.57. The number of halogens is 2. The van der Waals surface area contributed by atoms with E-state index in [4.69, 9.17) is 26.2 Å². The van der Waals surface area contributed by atoms with Gasteiger partial charge in [-0.05, 0) is 100 Å². The molecule has 3 aromatic rings. The van der Waals surface area contributed by atoms with Crippen LogP contribution in [0.1, 0.15) is 28.4 Å². The second-order valence-electron chi connectivity index (χ2n) is 7.86. The van der Waals surface area contributed by atoms with E-state index in [0.717, 1.165) is 11.1 Å². The van der Waals surface area contributed by atoms with Crippen LogP contribution in [0.4, 0.5) is 5.69 Å². The summed E-state index contributed by atoms with van der Waals surface area (Å²) in [5.41, 5.74) is 2.45. The zero-order valence-corrected chi connectivity index (χ0v) is 23.1. The van der Waals surface area contributed by atoms with Crippen LogP contribution in [-0.4, -0.2) is 40.7 Å². The standard InChI is InChI=1S/C27H22BrClN2O5S/c1-3-31-25(32)23(37-27(31)30-20-10-6-18(7-11-20)26(33)34)14-17-12-21(28)24(22(13-17)35-2)36-15-16-4-8-19(29)9-5-16/h4-14H,3,15H2,1-2H3,(H,33,34)/b23-14+,30-27?. The maximum atomic E-state index is 13.1. The second kappa shape index (κ2) is 11.9. The van der Waals surface area contributed by atoms with E-state index >= 15 is 0 Å². The Kier molecular flexibility index (Phi) is 8.58. The van der Waals surface area contributed by atoms with Crippen LogP contribution >= 0.6 is 39.3 Å². The maximum absolute atomic E-state index is 13.1. The molecule has 1 aliphatic heterocycles. The molecule has 3 aromatic carbocycles. The summed E-state index contributed by atoms with van der Waals surface area (Å²) < 4.78 is 12.2. The van der Waals surface area contributed by atoms with Crippen molar-refractivity contribution in [3.8, 4) is 11.5 Å². The number of carbonyl (C=O) groups is 2. The van der Waals surface area contributed by atoms with Gasteiger partial charge in [0.2, 0.25) is 0 Å². The van der Waals surface area contributed by atoms with Gasteiger partial charge in [-0.3, -0.25) is 9.69 Å². The van der Waals surface area contributed by atoms with E-state index in [-0.39, 0.29) is 11.5 Å². The summed E-state index contributed by atoms with van der Waals surface area (Å²) in [6.07, 6.45) is 1.78. The molecule has 0 unspecified atom stereocenters. The summed E-state index contributed by atoms with van der Waals surface area (Å²) >= 11 is 10.8. The van der Waals surface area contributed by atoms with E-state index in [9.17, 15) is 9.59 Å². The molecule has 1 fully saturated rings. The van der Waals surface area contributed by atoms with Gasteiger partial charge in [0.15, 0.2) is 16.7 Å². The van der Waals surface area contributed by atoms with Crippen molar-refractivity contribution in [2.75, 3.05) is 13.7 Å². The van der Waals surface area contributed by atoms with Crippen LogP contribution in [0.5, 0.6) is 11.5 Å². The van der Waals surface area contributed by atoms with Crippen molar-refractivity contribution in [1.82, 2.24) is 4.90 Å². The molecule has 1 amide bonds. The van der Waals surface area contributed by atoms with Crippen molar-refractivity contribution < 1.29 is 24.2 Å². The minimum Gasteiger partial charge on any atom is -0.493 e. The first-order chi connectivity index (χ1) is 17.8. The second-order valence-corrected chi connectivity index (χ2v) is 10.2. The molecule has 0 bridgehead atoms. The van der Waals surface area contributed by atoms with E-state index in [1.807, 2.05) is 25.1 Å². The Morgan fingerprint density at radius 3 is 2.49 bits per heavy atom. The third-order valence-corrected chi connectivity index (χ3v) is 7.24. The monoisotopic (exact) mass is 600 g/mol. The van der Waals surface area contributed by atoms with Crippen LogP contribution in [0.2, 0.25) is 5.02 Å². The molecular weight excluding hydrogens is 580 g/mol. The van der Waals surface area contributed by atoms with Crippen LogP contribution in [0.15, 0.2) is 75.0 Å². The molecule has 0 aromatic heterocycles. The zero-order valence-electron chi connectivity index (χ0n) is 19.9. The number of carboxylic acids is 1. The lowest BCUT2D eigenvalue weighted by Gasteiger charge is -2.14. The number of carbonyl (C=O) groups excluding carboxylic acids is 1. The summed E-state index contributed by atoms with van der Waals surface area (Å²) in [6.45, 7) is 2.65. The highest BCUT2D eigenvalue weighted by atomic mass is 79.9. The van der Waals surface area contributed by atoms with E-state index < -0.39 is 5.97 Å². The van der Waals surface area contributed by atoms with Crippen LogP contribution in [-0.2, 0) is 11.4 Å². The van der Waals surface area contributed by atoms with Crippen LogP contribution < -0.4 is 9.47 Å². The lowest BCUT2D eigenvalue weighted by Crippen LogP contribution is -2.28. The number of aromatic carboxylic acids is 1. The Labute approximate surface area is 231 Å². The average molecular weight is 602 g/mol. The predicted octanol–water partition coefficient (Wildman–Crippen LogP) is 7.01. The molecular formula is C27H22BrClN2O5S. The first kappa shape index (κ1) is 26.8. The van der Waals surface area contributed by atoms with E-state index in [2.05, 4.69) is 20.9 Å². The molecule has 37 heavy (non-hydrogen) atoms. The number of hydrogen-bond acceptors (Lipinski definition) is 6. The molecule has 1 saturated heterocycles. The Morgan fingerprint density at radius 1 is 1.16 bits per heavy atom. The maximum Gasteiger partial charge on any atom is 0.335 e. The minimum absolute atomic E-state index is 0.161. The van der Waals surface area contributed by atoms with Gasteiger partial charge in [-0.15, -0.1) is 0 Å². The minimum atomic E-state index is -1.01. The molecule has 10 heteroatoms. The van der Waals surface area contributed by atoms with Crippen molar-refractivity contribution in [3.05, 3.63) is 91.8 Å². The molecule has 1 heterocycles. The van der Waals surface area contributed by atoms with Crippen LogP contribution in [0, 0.1) is 0 Å². The smallest absolute Gasteiger partial charge is 0.335 e. The number of amides is 1. The highest BCUT2D eigenvalue weighted by Gasteiger charge is 2.32. The van der Waals surface area contributed by atoms with Gasteiger partial charge in [0.05, 0.1) is 27.7 Å². The number of hydrogen-bond donors (Lipinski definition) is 1. The fraction of sp³-hybridized carbons (Fsp3) is 0.148. The quantitative estimate of drug-likeness (QED) is 0.279. The summed E-state index contributed by atoms with van der Waals surface area (Å²) in [7, 11) is 1.56. The zero-order chi connectivity index (χ0) is 26.5. The van der Waals surface area contributed by atoms with Crippen molar-refractivity contribution in [2.45, 2.75) is 13.5 Å². The van der Waals surface area contributed by atoms with Gasteiger partial charge < -0.3 is 14.6 Å². The number of aliphatic imine (C=N–C) groups is 1. The largest absolute Gasteiger partial charge is 0.493 e. The van der Waals surface area contributed by atoms with Crippen molar-refractivity contribution in [1.29, 1.82) is 0 Å². The summed E-state index contributed by atoms with van der Waals surface area (Å²) in [4.78, 5) is 30.8. The summed E-state index contributed by atoms with van der Waals surface area (Å²) in [5, 5.41) is 10.3. The number of methoxy groups -OCH3 is 1. The normalized spacial score (nSPS) is 15.5. The fourth-order valence-corrected chi connectivity index (χ4v) is 5.27. The molecule has 0 spiro atoms. The number of carboxylic acid groups (broad SMARTS) is 1. The van der Waals surface area contributed by atoms with E-state index in [1.54, 1.807) is 48.4 Å². The molecule has 1 aliphatic rings. The van der Waals surface area contributed by atoms with Gasteiger partial charge in [0.25, 0.3) is 5.91 Å². The SMILES string of the molecule is CCN1C(=O)/C(=C\c2cc(Br)c(OCc3ccc(Cl)cc3)c(OC)c2)SC1=Nc1ccc(C(=O)O)cc1. The lowest BCUT2D eigenvalue weighted by atomic mass is 10.1. The highest BCUT2D eigenvalue weighted by Crippen LogP contribution is 2.40. The molecule has 0 saturated carbocycles. The third-order valence-electron chi connectivity index (χ3n) is 5.39. The number of benzene rings is 3. The summed E-state index contributed by atoms with van der Waals surface area (Å²) in [5.74, 6) is -0.0998. The Bertz CT molecular complexity index is 1390. The van der Waals surface area contributed by atoms with Gasteiger partial charge in [-0.2, -0.15) is 0 Å². The topological polar surface area (TPSA) is 88.4 Å². The molecule has 0 radical (unpaired) electrons. The van der Waals surface area contributed by atoms with Crippen LogP contribution in [0.3, 0.4) is 0 Å². The number of nitrogens with zero attached hydrogens (tertiary/aromatic N) is 2. The first-order valence-electron chi connectivity index (χ1n) is 11.2. The molecule has 7 nitrogen and oxygen atoms in total. The highest BCUT2D eigenvalue weighted by molar-refractivity contribution is 9.10. The predicted molar refractivity (Wildman–Crippen MR) is 150 cm³/mol. The fourth-order valence-electron chi connectivity index (χ4n) is 3.51. The van der Waals surface area contributed by atoms with Crippen molar-refractivity contribution in [3.63, 3.8) is 0 Å². The number of likely N-dealkylation sites (N-methyl/N-ethyl adjacent to an activating group) is 1. The molecule has 1 N–H and O–H groups in total. The van der Waals surface area contributed by atoms with Crippen molar-refractivity contribution >= 4 is 68.1 Å². The molecule has 0 atom stereocenters. The van der Waals surface area contributed by atoms with Gasteiger partial charge in [-0.1, -0.05) is 23.7 Å². The molecule has 0 aliphatic carbocycles. The molecule has 190 valence electrons. The Morgan fingerprint density at radius 2 is 1.86 bits per heavy atom. The number of thioether (sulfide) groups is 1. The van der Waals surface area contributed by atoms with Gasteiger partial charge in [-0.25, -0.2) is 9.79 Å². The van der Waals surface area contributed by atoms with Gasteiger partial charge >= 0.3 is 5.97 Å². The van der Waals surface area contributed by atoms with Crippen LogP contribution in [0.25, 0.3) is 6.08 Å². The number of rotatable bonds is 8. The van der Waals surface area contributed by atoms with E-state index in [1.165, 1.54) is 23.9 Å². The number of amidine groups is 1. The van der Waals surface area contributed by atoms with E-state index in [0.29, 0.717) is 49.9 Å². The van der Waals surface area contributed by atoms with Gasteiger partial charge in [0.1, 0.15) is 6.61 Å². The number of ether oxygens (including phenoxy) is 2. The third kappa shape index (κ3) is 6.36. The first-order valence-corrected chi connectivity index (χ1v) is 13.2. The average Bonchev–Trinajstić information content (AvgIpc) is 3.17. The summed E-state index contributed by atoms with van der Waals surface area (Å²) in [6, 6.07) is 17.2.